The summed E-state index contributed by atoms with van der Waals surface area (Å²) in [7, 11) is -0.101. The van der Waals surface area contributed by atoms with E-state index < -0.39 is 0 Å². The summed E-state index contributed by atoms with van der Waals surface area (Å²) in [6, 6.07) is 50.4. The first-order valence-corrected chi connectivity index (χ1v) is 18.7. The minimum absolute atomic E-state index is 0. The Labute approximate surface area is 317 Å². The molecule has 0 bridgehead atoms. The SMILES string of the molecule is CC(C)(C)P([C]1[CH][CH][CH][CH]1)C(C)(C)C.[Ru+2].c1ccc([C]2[C](c3ccccc3)[C]3[C]([C]2c2ccccc2)c2ccccc2-c2ccccc23)cc1. The third-order valence-corrected chi connectivity index (χ3v) is 12.9. The number of rotatable bonds is 4. The van der Waals surface area contributed by atoms with Crippen molar-refractivity contribution >= 4 is 7.92 Å². The first-order chi connectivity index (χ1) is 23.6. The van der Waals surface area contributed by atoms with Crippen molar-refractivity contribution in [2.24, 2.45) is 0 Å². The van der Waals surface area contributed by atoms with Gasteiger partial charge in [0.25, 0.3) is 0 Å². The fourth-order valence-corrected chi connectivity index (χ4v) is 12.0. The molecule has 8 rings (SSSR count). The Morgan fingerprint density at radius 2 is 0.620 bits per heavy atom. The molecule has 0 aliphatic heterocycles. The summed E-state index contributed by atoms with van der Waals surface area (Å²) in [5.74, 6) is 6.60. The van der Waals surface area contributed by atoms with Crippen LogP contribution in [0.2, 0.25) is 0 Å². The first kappa shape index (κ1) is 36.9. The Morgan fingerprint density at radius 3 is 0.940 bits per heavy atom. The maximum Gasteiger partial charge on any atom is 2.00 e. The summed E-state index contributed by atoms with van der Waals surface area (Å²) in [5.41, 5.74) is 10.5. The van der Waals surface area contributed by atoms with Crippen LogP contribution >= 0.6 is 7.92 Å². The second-order valence-electron chi connectivity index (χ2n) is 14.9. The van der Waals surface area contributed by atoms with Gasteiger partial charge in [-0.15, -0.1) is 0 Å². The molecular formula is C48H45PRu+2. The van der Waals surface area contributed by atoms with Crippen molar-refractivity contribution in [1.29, 1.82) is 0 Å². The second-order valence-corrected chi connectivity index (χ2v) is 18.8. The molecule has 3 aliphatic carbocycles. The molecule has 3 aliphatic rings. The number of benzene rings is 5. The zero-order chi connectivity index (χ0) is 34.2. The van der Waals surface area contributed by atoms with Crippen molar-refractivity contribution in [3.05, 3.63) is 228 Å². The molecule has 0 nitrogen and oxygen atoms in total. The molecule has 5 aromatic carbocycles. The molecule has 10 radical (unpaired) electrons. The molecule has 0 spiro atoms. The van der Waals surface area contributed by atoms with E-state index in [1.165, 1.54) is 68.5 Å². The van der Waals surface area contributed by atoms with E-state index in [0.717, 1.165) is 0 Å². The van der Waals surface area contributed by atoms with E-state index in [-0.39, 0.29) is 27.4 Å². The van der Waals surface area contributed by atoms with Gasteiger partial charge in [0.15, 0.2) is 0 Å². The van der Waals surface area contributed by atoms with Crippen LogP contribution in [0.15, 0.2) is 140 Å². The van der Waals surface area contributed by atoms with E-state index in [1.54, 1.807) is 5.66 Å². The van der Waals surface area contributed by atoms with Crippen molar-refractivity contribution in [3.8, 4) is 11.1 Å². The summed E-state index contributed by atoms with van der Waals surface area (Å²) >= 11 is 0. The maximum atomic E-state index is 2.36. The van der Waals surface area contributed by atoms with Gasteiger partial charge in [-0.2, -0.15) is 0 Å². The average molecular weight is 754 g/mol. The molecule has 0 atom stereocenters. The van der Waals surface area contributed by atoms with Gasteiger partial charge in [0.05, 0.1) is 0 Å². The van der Waals surface area contributed by atoms with E-state index in [4.69, 9.17) is 0 Å². The predicted octanol–water partition coefficient (Wildman–Crippen LogP) is 12.5. The van der Waals surface area contributed by atoms with Gasteiger partial charge in [0, 0.05) is 35.2 Å². The zero-order valence-electron chi connectivity index (χ0n) is 29.9. The Hall–Kier alpha value is -2.85. The van der Waals surface area contributed by atoms with Gasteiger partial charge in [-0.1, -0.05) is 189 Å². The average Bonchev–Trinajstić information content (AvgIpc) is 3.75. The van der Waals surface area contributed by atoms with E-state index >= 15 is 0 Å². The molecule has 0 amide bonds. The van der Waals surface area contributed by atoms with Gasteiger partial charge in [-0.25, -0.2) is 0 Å². The molecule has 0 saturated heterocycles. The van der Waals surface area contributed by atoms with Crippen molar-refractivity contribution in [2.45, 2.75) is 51.9 Å². The van der Waals surface area contributed by atoms with Crippen LogP contribution in [0.4, 0.5) is 0 Å². The van der Waals surface area contributed by atoms with Crippen LogP contribution in [0.3, 0.4) is 0 Å². The second kappa shape index (κ2) is 15.4. The van der Waals surface area contributed by atoms with Crippen molar-refractivity contribution in [1.82, 2.24) is 0 Å². The quantitative estimate of drug-likeness (QED) is 0.127. The van der Waals surface area contributed by atoms with Crippen LogP contribution in [-0.4, -0.2) is 10.3 Å². The molecular weight excluding hydrogens is 709 g/mol. The van der Waals surface area contributed by atoms with Crippen LogP contribution in [-0.2, 0) is 19.5 Å². The normalized spacial score (nSPS) is 17.4. The summed E-state index contributed by atoms with van der Waals surface area (Å²) in [6.07, 6.45) is 8.87. The fourth-order valence-electron chi connectivity index (χ4n) is 8.01. The van der Waals surface area contributed by atoms with Crippen LogP contribution in [0.5, 0.6) is 0 Å². The summed E-state index contributed by atoms with van der Waals surface area (Å²) < 4.78 is 0. The zero-order valence-corrected chi connectivity index (χ0v) is 32.5. The minimum Gasteiger partial charge on any atom is -0.0877 e. The van der Waals surface area contributed by atoms with Crippen molar-refractivity contribution < 1.29 is 19.5 Å². The summed E-state index contributed by atoms with van der Waals surface area (Å²) in [5, 5.41) is 0.782. The third kappa shape index (κ3) is 7.25. The number of hydrogen-bond donors (Lipinski definition) is 0. The number of fused-ring (bicyclic) bond motifs is 6. The van der Waals surface area contributed by atoms with Crippen LogP contribution < -0.4 is 0 Å². The molecule has 2 heteroatoms. The van der Waals surface area contributed by atoms with E-state index in [1.807, 2.05) is 0 Å². The summed E-state index contributed by atoms with van der Waals surface area (Å²) in [6.45, 7) is 14.1. The molecule has 0 N–H and O–H groups in total. The minimum atomic E-state index is -0.101. The standard InChI is InChI=1S/C35H23.C13H22P.Ru/c1-4-14-24(15-5-1)31-32(25-16-6-2-7-17-25)34-29-22-12-10-20-27(29)28-21-11-13-23-30(28)35(34)33(31)26-18-8-3-9-19-26;1-12(2,3)14(13(4,5)6)11-9-7-8-10-11;/h1-23H;7-10H,1-6H3;/q;;+2. The number of hydrogen-bond acceptors (Lipinski definition) is 0. The molecule has 50 heavy (non-hydrogen) atoms. The monoisotopic (exact) mass is 754 g/mol. The van der Waals surface area contributed by atoms with Gasteiger partial charge >= 0.3 is 19.5 Å². The predicted molar refractivity (Wildman–Crippen MR) is 210 cm³/mol. The van der Waals surface area contributed by atoms with Gasteiger partial charge in [-0.3, -0.25) is 0 Å². The maximum absolute atomic E-state index is 2.36. The van der Waals surface area contributed by atoms with E-state index in [9.17, 15) is 0 Å². The van der Waals surface area contributed by atoms with Crippen LogP contribution in [0.25, 0.3) is 11.1 Å². The van der Waals surface area contributed by atoms with Gasteiger partial charge in [-0.05, 0) is 74.9 Å². The molecule has 2 fully saturated rings. The van der Waals surface area contributed by atoms with E-state index in [0.29, 0.717) is 10.3 Å². The van der Waals surface area contributed by atoms with Gasteiger partial charge < -0.3 is 0 Å². The first-order valence-electron chi connectivity index (χ1n) is 17.4. The van der Waals surface area contributed by atoms with Crippen molar-refractivity contribution in [2.75, 3.05) is 0 Å². The molecule has 0 aromatic heterocycles. The molecule has 5 aromatic rings. The van der Waals surface area contributed by atoms with Gasteiger partial charge in [0.2, 0.25) is 0 Å². The third-order valence-electron chi connectivity index (χ3n) is 9.37. The Bertz CT molecular complexity index is 1630. The molecule has 0 unspecified atom stereocenters. The Kier molecular flexibility index (Phi) is 11.4. The van der Waals surface area contributed by atoms with E-state index in [2.05, 4.69) is 207 Å². The largest absolute Gasteiger partial charge is 2.00 e. The van der Waals surface area contributed by atoms with Crippen molar-refractivity contribution in [3.63, 3.8) is 0 Å². The molecule has 248 valence electrons. The van der Waals surface area contributed by atoms with Crippen LogP contribution in [0, 0.1) is 60.9 Å². The molecule has 0 heterocycles. The molecule has 2 saturated carbocycles. The Morgan fingerprint density at radius 1 is 0.340 bits per heavy atom. The summed E-state index contributed by atoms with van der Waals surface area (Å²) in [4.78, 5) is 0. The fraction of sp³-hybridized carbons (Fsp3) is 0.167. The van der Waals surface area contributed by atoms with Crippen LogP contribution in [0.1, 0.15) is 69.4 Å². The smallest absolute Gasteiger partial charge is 0.0877 e. The topological polar surface area (TPSA) is 0 Å². The Balaban J connectivity index is 0.000000245. The van der Waals surface area contributed by atoms with Gasteiger partial charge in [0.1, 0.15) is 0 Å².